The molecular formula is C14H15N3O2. The smallest absolute Gasteiger partial charge is 0.316 e. The minimum Gasteiger partial charge on any atom is -0.453 e. The fourth-order valence-electron chi connectivity index (χ4n) is 1.63. The summed E-state index contributed by atoms with van der Waals surface area (Å²) in [4.78, 5) is 19.5. The van der Waals surface area contributed by atoms with E-state index in [1.807, 2.05) is 32.0 Å². The summed E-state index contributed by atoms with van der Waals surface area (Å²) in [5, 5.41) is 2.79. The van der Waals surface area contributed by atoms with Gasteiger partial charge in [-0.05, 0) is 31.5 Å². The Kier molecular flexibility index (Phi) is 4.07. The zero-order valence-electron chi connectivity index (χ0n) is 10.9. The highest BCUT2D eigenvalue weighted by molar-refractivity contribution is 5.92. The van der Waals surface area contributed by atoms with Crippen LogP contribution in [0.3, 0.4) is 0 Å². The van der Waals surface area contributed by atoms with Crippen LogP contribution in [0, 0.1) is 13.8 Å². The van der Waals surface area contributed by atoms with Crippen molar-refractivity contribution in [1.29, 1.82) is 0 Å². The molecular weight excluding hydrogens is 242 g/mol. The maximum Gasteiger partial charge on any atom is 0.316 e. The van der Waals surface area contributed by atoms with Crippen LogP contribution in [0.4, 0.5) is 5.69 Å². The largest absolute Gasteiger partial charge is 0.453 e. The molecule has 0 aliphatic rings. The molecule has 1 aromatic heterocycles. The van der Waals surface area contributed by atoms with Gasteiger partial charge >= 0.3 is 6.01 Å². The normalized spacial score (nSPS) is 10.0. The van der Waals surface area contributed by atoms with Gasteiger partial charge in [-0.2, -0.15) is 0 Å². The van der Waals surface area contributed by atoms with Crippen molar-refractivity contribution in [2.24, 2.45) is 0 Å². The predicted octanol–water partition coefficient (Wildman–Crippen LogP) is 2.11. The van der Waals surface area contributed by atoms with Gasteiger partial charge in [0.05, 0.1) is 0 Å². The Balaban J connectivity index is 1.91. The average molecular weight is 257 g/mol. The van der Waals surface area contributed by atoms with E-state index in [1.165, 1.54) is 0 Å². The molecule has 5 nitrogen and oxygen atoms in total. The molecule has 5 heteroatoms. The molecule has 1 aromatic carbocycles. The summed E-state index contributed by atoms with van der Waals surface area (Å²) < 4.78 is 5.17. The maximum absolute atomic E-state index is 11.7. The summed E-state index contributed by atoms with van der Waals surface area (Å²) in [5.41, 5.74) is 2.96. The molecule has 1 N–H and O–H groups in total. The summed E-state index contributed by atoms with van der Waals surface area (Å²) in [6, 6.07) is 7.71. The van der Waals surface area contributed by atoms with Crippen LogP contribution in [-0.4, -0.2) is 22.5 Å². The Morgan fingerprint density at radius 2 is 2.00 bits per heavy atom. The molecule has 0 saturated carbocycles. The van der Waals surface area contributed by atoms with Crippen molar-refractivity contribution < 1.29 is 9.53 Å². The highest BCUT2D eigenvalue weighted by Crippen LogP contribution is 2.15. The highest BCUT2D eigenvalue weighted by Gasteiger charge is 2.06. The van der Waals surface area contributed by atoms with Crippen molar-refractivity contribution >= 4 is 11.6 Å². The van der Waals surface area contributed by atoms with Crippen molar-refractivity contribution in [3.8, 4) is 6.01 Å². The van der Waals surface area contributed by atoms with Crippen LogP contribution in [0.15, 0.2) is 36.7 Å². The van der Waals surface area contributed by atoms with Gasteiger partial charge in [-0.25, -0.2) is 9.97 Å². The van der Waals surface area contributed by atoms with E-state index in [0.29, 0.717) is 0 Å². The fourth-order valence-corrected chi connectivity index (χ4v) is 1.63. The van der Waals surface area contributed by atoms with Crippen molar-refractivity contribution in [2.75, 3.05) is 11.9 Å². The minimum absolute atomic E-state index is 0.114. The van der Waals surface area contributed by atoms with Gasteiger partial charge in [0.15, 0.2) is 6.61 Å². The van der Waals surface area contributed by atoms with E-state index in [-0.39, 0.29) is 18.5 Å². The second kappa shape index (κ2) is 5.95. The van der Waals surface area contributed by atoms with E-state index in [2.05, 4.69) is 15.3 Å². The summed E-state index contributed by atoms with van der Waals surface area (Å²) >= 11 is 0. The fraction of sp³-hybridized carbons (Fsp3) is 0.214. The number of anilines is 1. The van der Waals surface area contributed by atoms with Crippen LogP contribution in [0.2, 0.25) is 0 Å². The topological polar surface area (TPSA) is 64.1 Å². The zero-order valence-corrected chi connectivity index (χ0v) is 10.9. The van der Waals surface area contributed by atoms with Crippen LogP contribution >= 0.6 is 0 Å². The number of benzene rings is 1. The number of aromatic nitrogens is 2. The Morgan fingerprint density at radius 3 is 2.68 bits per heavy atom. The van der Waals surface area contributed by atoms with Crippen LogP contribution in [0.5, 0.6) is 6.01 Å². The summed E-state index contributed by atoms with van der Waals surface area (Å²) in [6.45, 7) is 3.84. The molecule has 0 spiro atoms. The van der Waals surface area contributed by atoms with Crippen molar-refractivity contribution in [1.82, 2.24) is 9.97 Å². The Hall–Kier alpha value is -2.43. The third-order valence-corrected chi connectivity index (χ3v) is 2.53. The molecule has 0 saturated heterocycles. The van der Waals surface area contributed by atoms with Gasteiger partial charge < -0.3 is 10.1 Å². The number of carbonyl (C=O) groups is 1. The molecule has 0 aliphatic heterocycles. The third-order valence-electron chi connectivity index (χ3n) is 2.53. The first-order valence-electron chi connectivity index (χ1n) is 5.92. The summed E-state index contributed by atoms with van der Waals surface area (Å²) in [7, 11) is 0. The van der Waals surface area contributed by atoms with Crippen LogP contribution in [0.1, 0.15) is 11.1 Å². The maximum atomic E-state index is 11.7. The molecule has 0 unspecified atom stereocenters. The number of hydrogen-bond acceptors (Lipinski definition) is 4. The Labute approximate surface area is 111 Å². The minimum atomic E-state index is -0.237. The highest BCUT2D eigenvalue weighted by atomic mass is 16.5. The number of ether oxygens (including phenoxy) is 1. The van der Waals surface area contributed by atoms with Crippen molar-refractivity contribution in [3.05, 3.63) is 47.8 Å². The summed E-state index contributed by atoms with van der Waals surface area (Å²) in [6.07, 6.45) is 3.12. The molecule has 0 radical (unpaired) electrons. The third kappa shape index (κ3) is 3.77. The van der Waals surface area contributed by atoms with E-state index in [1.54, 1.807) is 18.5 Å². The van der Waals surface area contributed by atoms with Crippen molar-refractivity contribution in [3.63, 3.8) is 0 Å². The Bertz CT molecular complexity index is 570. The second-order valence-corrected chi connectivity index (χ2v) is 4.19. The number of nitrogens with zero attached hydrogens (tertiary/aromatic N) is 2. The van der Waals surface area contributed by atoms with Gasteiger partial charge in [-0.1, -0.05) is 17.7 Å². The lowest BCUT2D eigenvalue weighted by molar-refractivity contribution is -0.118. The van der Waals surface area contributed by atoms with Gasteiger partial charge in [0, 0.05) is 18.1 Å². The van der Waals surface area contributed by atoms with E-state index in [4.69, 9.17) is 4.74 Å². The number of carbonyl (C=O) groups excluding carboxylic acids is 1. The number of rotatable bonds is 4. The van der Waals surface area contributed by atoms with Crippen LogP contribution in [0.25, 0.3) is 0 Å². The Morgan fingerprint density at radius 1 is 1.26 bits per heavy atom. The number of aryl methyl sites for hydroxylation is 2. The van der Waals surface area contributed by atoms with Crippen LogP contribution < -0.4 is 10.1 Å². The molecule has 98 valence electrons. The van der Waals surface area contributed by atoms with Gasteiger partial charge in [-0.15, -0.1) is 0 Å². The molecule has 19 heavy (non-hydrogen) atoms. The second-order valence-electron chi connectivity index (χ2n) is 4.19. The molecule has 2 aromatic rings. The molecule has 1 amide bonds. The first-order chi connectivity index (χ1) is 9.15. The zero-order chi connectivity index (χ0) is 13.7. The lowest BCUT2D eigenvalue weighted by atomic mass is 10.1. The van der Waals surface area contributed by atoms with E-state index < -0.39 is 0 Å². The molecule has 0 atom stereocenters. The monoisotopic (exact) mass is 257 g/mol. The van der Waals surface area contributed by atoms with E-state index >= 15 is 0 Å². The molecule has 0 aliphatic carbocycles. The average Bonchev–Trinajstić information content (AvgIpc) is 2.41. The molecule has 1 heterocycles. The SMILES string of the molecule is Cc1ccc(NC(=O)COc2ncccn2)c(C)c1. The lowest BCUT2D eigenvalue weighted by Gasteiger charge is -2.09. The van der Waals surface area contributed by atoms with Gasteiger partial charge in [0.25, 0.3) is 5.91 Å². The first-order valence-corrected chi connectivity index (χ1v) is 5.92. The molecule has 2 rings (SSSR count). The number of amides is 1. The number of hydrogen-bond donors (Lipinski definition) is 1. The van der Waals surface area contributed by atoms with E-state index in [9.17, 15) is 4.79 Å². The quantitative estimate of drug-likeness (QED) is 0.911. The molecule has 0 fully saturated rings. The van der Waals surface area contributed by atoms with Crippen molar-refractivity contribution in [2.45, 2.75) is 13.8 Å². The van der Waals surface area contributed by atoms with E-state index in [0.717, 1.165) is 16.8 Å². The number of nitrogens with one attached hydrogen (secondary N) is 1. The standard InChI is InChI=1S/C14H15N3O2/c1-10-4-5-12(11(2)8-10)17-13(18)9-19-14-15-6-3-7-16-14/h3-8H,9H2,1-2H3,(H,17,18). The van der Waals surface area contributed by atoms with Gasteiger partial charge in [0.1, 0.15) is 0 Å². The lowest BCUT2D eigenvalue weighted by Crippen LogP contribution is -2.21. The summed E-state index contributed by atoms with van der Waals surface area (Å²) in [5.74, 6) is -0.237. The predicted molar refractivity (Wildman–Crippen MR) is 72.1 cm³/mol. The van der Waals surface area contributed by atoms with Gasteiger partial charge in [0.2, 0.25) is 0 Å². The molecule has 0 bridgehead atoms. The first kappa shape index (κ1) is 13.0. The van der Waals surface area contributed by atoms with Gasteiger partial charge in [-0.3, -0.25) is 4.79 Å². The van der Waals surface area contributed by atoms with Crippen LogP contribution in [-0.2, 0) is 4.79 Å².